The Kier molecular flexibility index (Phi) is 6.28. The maximum Gasteiger partial charge on any atom is 0.269 e. The summed E-state index contributed by atoms with van der Waals surface area (Å²) in [7, 11) is -3.69. The fourth-order valence-electron chi connectivity index (χ4n) is 3.25. The van der Waals surface area contributed by atoms with E-state index in [1.807, 2.05) is 17.0 Å². The van der Waals surface area contributed by atoms with Gasteiger partial charge in [-0.25, -0.2) is 8.42 Å². The molecule has 0 spiro atoms. The smallest absolute Gasteiger partial charge is 0.269 e. The summed E-state index contributed by atoms with van der Waals surface area (Å²) >= 11 is 0. The second-order valence-electron chi connectivity index (χ2n) is 6.56. The number of nitro groups is 1. The highest BCUT2D eigenvalue weighted by molar-refractivity contribution is 7.89. The highest BCUT2D eigenvalue weighted by Crippen LogP contribution is 2.22. The van der Waals surface area contributed by atoms with Crippen LogP contribution >= 0.6 is 0 Å². The summed E-state index contributed by atoms with van der Waals surface area (Å²) in [6.07, 6.45) is 0. The van der Waals surface area contributed by atoms with Gasteiger partial charge in [0.25, 0.3) is 5.69 Å². The molecule has 10 nitrogen and oxygen atoms in total. The van der Waals surface area contributed by atoms with Gasteiger partial charge >= 0.3 is 0 Å². The van der Waals surface area contributed by atoms with Gasteiger partial charge in [0.05, 0.1) is 9.82 Å². The minimum Gasteiger partial charge on any atom is -0.356 e. The van der Waals surface area contributed by atoms with Gasteiger partial charge in [-0.15, -0.1) is 10.2 Å². The molecule has 0 amide bonds. The van der Waals surface area contributed by atoms with Crippen molar-refractivity contribution in [2.24, 2.45) is 0 Å². The van der Waals surface area contributed by atoms with Gasteiger partial charge in [-0.3, -0.25) is 10.1 Å². The summed E-state index contributed by atoms with van der Waals surface area (Å²) in [6, 6.07) is 8.79. The van der Waals surface area contributed by atoms with Crippen molar-refractivity contribution < 1.29 is 13.3 Å². The molecule has 0 bridgehead atoms. The number of anilines is 2. The molecule has 29 heavy (non-hydrogen) atoms. The lowest BCUT2D eigenvalue weighted by Crippen LogP contribution is -2.49. The summed E-state index contributed by atoms with van der Waals surface area (Å²) < 4.78 is 27.0. The van der Waals surface area contributed by atoms with E-state index in [2.05, 4.69) is 28.9 Å². The SMILES string of the molecule is CCN(CC)c1ccc(N2CCN(S(=O)(=O)c3ccc([N+](=O)[O-])cc3)CC2)nn1. The van der Waals surface area contributed by atoms with E-state index in [-0.39, 0.29) is 10.6 Å². The van der Waals surface area contributed by atoms with Crippen molar-refractivity contribution in [1.82, 2.24) is 14.5 Å². The molecule has 0 unspecified atom stereocenters. The fourth-order valence-corrected chi connectivity index (χ4v) is 4.67. The number of rotatable bonds is 7. The molecule has 0 saturated carbocycles. The number of piperazine rings is 1. The fraction of sp³-hybridized carbons (Fsp3) is 0.444. The number of hydrogen-bond donors (Lipinski definition) is 0. The molecule has 1 aliphatic heterocycles. The standard InChI is InChI=1S/C18H24N6O4S/c1-3-21(4-2)17-9-10-18(20-19-17)22-11-13-23(14-12-22)29(27,28)16-7-5-15(6-8-16)24(25)26/h5-10H,3-4,11-14H2,1-2H3. The molecular weight excluding hydrogens is 396 g/mol. The zero-order valence-electron chi connectivity index (χ0n) is 16.4. The topological polar surface area (TPSA) is 113 Å². The highest BCUT2D eigenvalue weighted by Gasteiger charge is 2.29. The van der Waals surface area contributed by atoms with Crippen molar-refractivity contribution >= 4 is 27.3 Å². The molecule has 156 valence electrons. The van der Waals surface area contributed by atoms with E-state index >= 15 is 0 Å². The number of hydrogen-bond acceptors (Lipinski definition) is 8. The Morgan fingerprint density at radius 2 is 1.62 bits per heavy atom. The first-order chi connectivity index (χ1) is 13.9. The van der Waals surface area contributed by atoms with Crippen LogP contribution in [0.4, 0.5) is 17.3 Å². The summed E-state index contributed by atoms with van der Waals surface area (Å²) in [6.45, 7) is 7.41. The lowest BCUT2D eigenvalue weighted by atomic mass is 10.3. The zero-order chi connectivity index (χ0) is 21.0. The molecule has 1 aromatic heterocycles. The van der Waals surface area contributed by atoms with E-state index in [0.29, 0.717) is 32.0 Å². The maximum absolute atomic E-state index is 12.8. The predicted octanol–water partition coefficient (Wildman–Crippen LogP) is 1.74. The molecule has 1 saturated heterocycles. The van der Waals surface area contributed by atoms with Crippen molar-refractivity contribution in [2.45, 2.75) is 18.7 Å². The summed E-state index contributed by atoms with van der Waals surface area (Å²) in [5, 5.41) is 19.3. The van der Waals surface area contributed by atoms with Gasteiger partial charge < -0.3 is 9.80 Å². The number of non-ortho nitro benzene ring substituents is 1. The second-order valence-corrected chi connectivity index (χ2v) is 8.50. The Balaban J connectivity index is 1.66. The van der Waals surface area contributed by atoms with Crippen LogP contribution < -0.4 is 9.80 Å². The first kappa shape index (κ1) is 20.9. The molecular formula is C18H24N6O4S. The van der Waals surface area contributed by atoms with Crippen LogP contribution in [0.1, 0.15) is 13.8 Å². The van der Waals surface area contributed by atoms with Gasteiger partial charge in [0.2, 0.25) is 10.0 Å². The molecule has 3 rings (SSSR count). The van der Waals surface area contributed by atoms with Gasteiger partial charge in [0.1, 0.15) is 0 Å². The normalized spacial score (nSPS) is 15.3. The average Bonchev–Trinajstić information content (AvgIpc) is 2.75. The third-order valence-corrected chi connectivity index (χ3v) is 6.88. The molecule has 1 fully saturated rings. The monoisotopic (exact) mass is 420 g/mol. The van der Waals surface area contributed by atoms with E-state index in [1.165, 1.54) is 28.6 Å². The lowest BCUT2D eigenvalue weighted by molar-refractivity contribution is -0.384. The third-order valence-electron chi connectivity index (χ3n) is 4.97. The molecule has 2 heterocycles. The molecule has 11 heteroatoms. The number of aromatic nitrogens is 2. The van der Waals surface area contributed by atoms with E-state index in [4.69, 9.17) is 0 Å². The van der Waals surface area contributed by atoms with E-state index < -0.39 is 14.9 Å². The molecule has 0 radical (unpaired) electrons. The number of sulfonamides is 1. The lowest BCUT2D eigenvalue weighted by Gasteiger charge is -2.34. The van der Waals surface area contributed by atoms with Gasteiger partial charge in [0, 0.05) is 51.4 Å². The van der Waals surface area contributed by atoms with Crippen LogP contribution in [0.5, 0.6) is 0 Å². The largest absolute Gasteiger partial charge is 0.356 e. The maximum atomic E-state index is 12.8. The summed E-state index contributed by atoms with van der Waals surface area (Å²) in [4.78, 5) is 14.4. The summed E-state index contributed by atoms with van der Waals surface area (Å²) in [5.74, 6) is 1.53. The van der Waals surface area contributed by atoms with Crippen molar-refractivity contribution in [1.29, 1.82) is 0 Å². The van der Waals surface area contributed by atoms with Crippen LogP contribution in [0, 0.1) is 10.1 Å². The minimum atomic E-state index is -3.69. The minimum absolute atomic E-state index is 0.0555. The van der Waals surface area contributed by atoms with Gasteiger partial charge in [0.15, 0.2) is 11.6 Å². The Hall–Kier alpha value is -2.79. The first-order valence-corrected chi connectivity index (χ1v) is 10.9. The van der Waals surface area contributed by atoms with Gasteiger partial charge in [-0.05, 0) is 38.1 Å². The Bertz CT molecular complexity index is 937. The Labute approximate surface area is 170 Å². The predicted molar refractivity (Wildman–Crippen MR) is 110 cm³/mol. The van der Waals surface area contributed by atoms with Crippen molar-refractivity contribution in [2.75, 3.05) is 49.1 Å². The molecule has 0 atom stereocenters. The van der Waals surface area contributed by atoms with E-state index in [9.17, 15) is 18.5 Å². The van der Waals surface area contributed by atoms with Crippen LogP contribution in [0.15, 0.2) is 41.3 Å². The average molecular weight is 420 g/mol. The first-order valence-electron chi connectivity index (χ1n) is 9.45. The van der Waals surface area contributed by atoms with Crippen LogP contribution in [-0.2, 0) is 10.0 Å². The van der Waals surface area contributed by atoms with Gasteiger partial charge in [-0.2, -0.15) is 4.31 Å². The van der Waals surface area contributed by atoms with Crippen LogP contribution in [0.2, 0.25) is 0 Å². The van der Waals surface area contributed by atoms with Crippen LogP contribution in [0.3, 0.4) is 0 Å². The second kappa shape index (κ2) is 8.70. The molecule has 1 aromatic carbocycles. The summed E-state index contributed by atoms with van der Waals surface area (Å²) in [5.41, 5.74) is -0.138. The highest BCUT2D eigenvalue weighted by atomic mass is 32.2. The van der Waals surface area contributed by atoms with Crippen LogP contribution in [-0.4, -0.2) is 67.1 Å². The Morgan fingerprint density at radius 1 is 1.00 bits per heavy atom. The molecule has 1 aliphatic rings. The van der Waals surface area contributed by atoms with Gasteiger partial charge in [-0.1, -0.05) is 0 Å². The number of nitro benzene ring substituents is 1. The van der Waals surface area contributed by atoms with Crippen LogP contribution in [0.25, 0.3) is 0 Å². The van der Waals surface area contributed by atoms with Crippen molar-refractivity contribution in [3.63, 3.8) is 0 Å². The van der Waals surface area contributed by atoms with E-state index in [1.54, 1.807) is 0 Å². The van der Waals surface area contributed by atoms with E-state index in [0.717, 1.165) is 18.9 Å². The molecule has 0 N–H and O–H groups in total. The number of benzene rings is 1. The quantitative estimate of drug-likeness (QED) is 0.492. The Morgan fingerprint density at radius 3 is 2.10 bits per heavy atom. The van der Waals surface area contributed by atoms with Crippen molar-refractivity contribution in [3.8, 4) is 0 Å². The molecule has 0 aliphatic carbocycles. The number of nitrogens with zero attached hydrogens (tertiary/aromatic N) is 6. The third kappa shape index (κ3) is 4.46. The van der Waals surface area contributed by atoms with Crippen molar-refractivity contribution in [3.05, 3.63) is 46.5 Å². The molecule has 2 aromatic rings. The zero-order valence-corrected chi connectivity index (χ0v) is 17.2.